The fourth-order valence-electron chi connectivity index (χ4n) is 1.72. The molecule has 0 radical (unpaired) electrons. The van der Waals surface area contributed by atoms with Gasteiger partial charge in [-0.2, -0.15) is 0 Å². The fraction of sp³-hybridized carbons (Fsp3) is 0.727. The first kappa shape index (κ1) is 12.0. The molecule has 0 saturated carbocycles. The summed E-state index contributed by atoms with van der Waals surface area (Å²) in [6, 6.07) is 0.279. The van der Waals surface area contributed by atoms with Crippen molar-refractivity contribution in [2.24, 2.45) is 0 Å². The standard InChI is InChI=1S/C11H18N2O2S/c1-14-5-2-3-11-13-10(8-16-11)9-7-15-6-4-12-9/h8-9,12H,2-7H2,1H3. The molecule has 0 amide bonds. The van der Waals surface area contributed by atoms with Crippen molar-refractivity contribution in [3.63, 3.8) is 0 Å². The summed E-state index contributed by atoms with van der Waals surface area (Å²) in [4.78, 5) is 4.63. The van der Waals surface area contributed by atoms with Gasteiger partial charge in [-0.05, 0) is 6.42 Å². The zero-order valence-corrected chi connectivity index (χ0v) is 10.4. The molecule has 0 bridgehead atoms. The molecule has 0 aromatic carbocycles. The van der Waals surface area contributed by atoms with Crippen LogP contribution < -0.4 is 5.32 Å². The number of rotatable bonds is 5. The van der Waals surface area contributed by atoms with Crippen molar-refractivity contribution in [1.82, 2.24) is 10.3 Å². The number of hydrogen-bond acceptors (Lipinski definition) is 5. The Morgan fingerprint density at radius 2 is 2.62 bits per heavy atom. The van der Waals surface area contributed by atoms with Crippen LogP contribution in [0.3, 0.4) is 0 Å². The van der Waals surface area contributed by atoms with Crippen molar-refractivity contribution < 1.29 is 9.47 Å². The van der Waals surface area contributed by atoms with Gasteiger partial charge in [0.05, 0.1) is 30.0 Å². The highest BCUT2D eigenvalue weighted by Crippen LogP contribution is 2.19. The van der Waals surface area contributed by atoms with Crippen LogP contribution in [0.1, 0.15) is 23.2 Å². The van der Waals surface area contributed by atoms with Gasteiger partial charge in [-0.25, -0.2) is 4.98 Å². The van der Waals surface area contributed by atoms with E-state index in [1.807, 2.05) is 0 Å². The number of methoxy groups -OCH3 is 1. The second-order valence-electron chi connectivity index (χ2n) is 3.84. The zero-order chi connectivity index (χ0) is 11.2. The van der Waals surface area contributed by atoms with E-state index in [4.69, 9.17) is 9.47 Å². The number of thiazole rings is 1. The Morgan fingerprint density at radius 3 is 3.38 bits per heavy atom. The van der Waals surface area contributed by atoms with E-state index in [2.05, 4.69) is 15.7 Å². The van der Waals surface area contributed by atoms with Crippen LogP contribution in [0.2, 0.25) is 0 Å². The molecular formula is C11H18N2O2S. The van der Waals surface area contributed by atoms with Gasteiger partial charge in [0.2, 0.25) is 0 Å². The van der Waals surface area contributed by atoms with Gasteiger partial charge in [0.15, 0.2) is 0 Å². The maximum atomic E-state index is 5.43. The van der Waals surface area contributed by atoms with Gasteiger partial charge >= 0.3 is 0 Å². The molecule has 5 heteroatoms. The molecule has 2 rings (SSSR count). The quantitative estimate of drug-likeness (QED) is 0.792. The maximum absolute atomic E-state index is 5.43. The average molecular weight is 242 g/mol. The molecule has 90 valence electrons. The maximum Gasteiger partial charge on any atom is 0.0929 e. The lowest BCUT2D eigenvalue weighted by molar-refractivity contribution is 0.0757. The van der Waals surface area contributed by atoms with E-state index in [0.717, 1.165) is 44.9 Å². The Balaban J connectivity index is 1.85. The third kappa shape index (κ3) is 3.25. The monoisotopic (exact) mass is 242 g/mol. The summed E-state index contributed by atoms with van der Waals surface area (Å²) in [6.45, 7) is 3.27. The van der Waals surface area contributed by atoms with Crippen LogP contribution in [0.4, 0.5) is 0 Å². The zero-order valence-electron chi connectivity index (χ0n) is 9.57. The molecule has 1 aliphatic heterocycles. The minimum absolute atomic E-state index is 0.279. The van der Waals surface area contributed by atoms with Crippen LogP contribution in [0, 0.1) is 0 Å². The topological polar surface area (TPSA) is 43.4 Å². The first-order valence-electron chi connectivity index (χ1n) is 5.64. The van der Waals surface area contributed by atoms with Crippen LogP contribution >= 0.6 is 11.3 Å². The van der Waals surface area contributed by atoms with Crippen molar-refractivity contribution in [3.05, 3.63) is 16.1 Å². The second-order valence-corrected chi connectivity index (χ2v) is 4.79. The van der Waals surface area contributed by atoms with Gasteiger partial charge in [0.1, 0.15) is 0 Å². The lowest BCUT2D eigenvalue weighted by Gasteiger charge is -2.22. The number of ether oxygens (including phenoxy) is 2. The Bertz CT molecular complexity index is 311. The van der Waals surface area contributed by atoms with Gasteiger partial charge < -0.3 is 14.8 Å². The summed E-state index contributed by atoms with van der Waals surface area (Å²) in [5.74, 6) is 0. The highest BCUT2D eigenvalue weighted by atomic mass is 32.1. The first-order valence-corrected chi connectivity index (χ1v) is 6.52. The Kier molecular flexibility index (Phi) is 4.71. The lowest BCUT2D eigenvalue weighted by atomic mass is 10.2. The minimum Gasteiger partial charge on any atom is -0.385 e. The minimum atomic E-state index is 0.279. The van der Waals surface area contributed by atoms with Crippen LogP contribution in [0.15, 0.2) is 5.38 Å². The number of hydrogen-bond donors (Lipinski definition) is 1. The van der Waals surface area contributed by atoms with E-state index < -0.39 is 0 Å². The summed E-state index contributed by atoms with van der Waals surface area (Å²) < 4.78 is 10.5. The number of nitrogens with zero attached hydrogens (tertiary/aromatic N) is 1. The van der Waals surface area contributed by atoms with E-state index in [1.165, 1.54) is 5.01 Å². The molecule has 1 aliphatic rings. The van der Waals surface area contributed by atoms with Crippen LogP contribution in [0.5, 0.6) is 0 Å². The van der Waals surface area contributed by atoms with Gasteiger partial charge in [0.25, 0.3) is 0 Å². The SMILES string of the molecule is COCCCc1nc(C2COCCN2)cs1. The highest BCUT2D eigenvalue weighted by Gasteiger charge is 2.17. The molecule has 4 nitrogen and oxygen atoms in total. The largest absolute Gasteiger partial charge is 0.385 e. The summed E-state index contributed by atoms with van der Waals surface area (Å²) in [5.41, 5.74) is 1.12. The summed E-state index contributed by atoms with van der Waals surface area (Å²) >= 11 is 1.73. The molecule has 16 heavy (non-hydrogen) atoms. The number of morpholine rings is 1. The lowest BCUT2D eigenvalue weighted by Crippen LogP contribution is -2.34. The highest BCUT2D eigenvalue weighted by molar-refractivity contribution is 7.09. The Morgan fingerprint density at radius 1 is 1.69 bits per heavy atom. The van der Waals surface area contributed by atoms with E-state index in [-0.39, 0.29) is 6.04 Å². The number of aromatic nitrogens is 1. The molecule has 1 aromatic rings. The average Bonchev–Trinajstić information content (AvgIpc) is 2.79. The molecule has 1 aromatic heterocycles. The van der Waals surface area contributed by atoms with Crippen LogP contribution in [0.25, 0.3) is 0 Å². The molecule has 1 N–H and O–H groups in total. The third-order valence-electron chi connectivity index (χ3n) is 2.59. The van der Waals surface area contributed by atoms with Crippen molar-refractivity contribution >= 4 is 11.3 Å². The van der Waals surface area contributed by atoms with Crippen molar-refractivity contribution in [2.75, 3.05) is 33.5 Å². The van der Waals surface area contributed by atoms with Crippen molar-refractivity contribution in [1.29, 1.82) is 0 Å². The summed E-state index contributed by atoms with van der Waals surface area (Å²) in [5, 5.41) is 6.74. The second kappa shape index (κ2) is 6.30. The summed E-state index contributed by atoms with van der Waals surface area (Å²) in [7, 11) is 1.73. The van der Waals surface area contributed by atoms with E-state index in [1.54, 1.807) is 18.4 Å². The Labute approximate surface area is 100.0 Å². The van der Waals surface area contributed by atoms with Gasteiger partial charge in [-0.1, -0.05) is 0 Å². The van der Waals surface area contributed by atoms with Crippen molar-refractivity contribution in [3.8, 4) is 0 Å². The Hall–Kier alpha value is -0.490. The molecule has 0 spiro atoms. The van der Waals surface area contributed by atoms with E-state index >= 15 is 0 Å². The van der Waals surface area contributed by atoms with E-state index in [0.29, 0.717) is 0 Å². The first-order chi connectivity index (χ1) is 7.90. The fourth-order valence-corrected chi connectivity index (χ4v) is 2.62. The molecule has 1 fully saturated rings. The van der Waals surface area contributed by atoms with E-state index in [9.17, 15) is 0 Å². The molecule has 1 saturated heterocycles. The van der Waals surface area contributed by atoms with Gasteiger partial charge in [-0.15, -0.1) is 11.3 Å². The van der Waals surface area contributed by atoms with Gasteiger partial charge in [0, 0.05) is 32.1 Å². The van der Waals surface area contributed by atoms with Gasteiger partial charge in [-0.3, -0.25) is 0 Å². The predicted molar refractivity (Wildman–Crippen MR) is 63.9 cm³/mol. The van der Waals surface area contributed by atoms with Crippen LogP contribution in [-0.4, -0.2) is 38.5 Å². The predicted octanol–water partition coefficient (Wildman–Crippen LogP) is 1.38. The number of nitrogens with one attached hydrogen (secondary N) is 1. The van der Waals surface area contributed by atoms with Crippen molar-refractivity contribution in [2.45, 2.75) is 18.9 Å². The number of aryl methyl sites for hydroxylation is 1. The molecule has 0 aliphatic carbocycles. The molecular weight excluding hydrogens is 224 g/mol. The van der Waals surface area contributed by atoms with Crippen LogP contribution in [-0.2, 0) is 15.9 Å². The summed E-state index contributed by atoms with van der Waals surface area (Å²) in [6.07, 6.45) is 2.05. The smallest absolute Gasteiger partial charge is 0.0929 e. The molecule has 1 unspecified atom stereocenters. The molecule has 2 heterocycles. The molecule has 1 atom stereocenters. The third-order valence-corrected chi connectivity index (χ3v) is 3.51. The normalized spacial score (nSPS) is 21.2.